The van der Waals surface area contributed by atoms with Crippen LogP contribution in [0.1, 0.15) is 64.5 Å². The summed E-state index contributed by atoms with van der Waals surface area (Å²) in [5.74, 6) is -2.10. The number of piperidine rings is 1. The first-order valence-corrected chi connectivity index (χ1v) is 14.2. The molecule has 2 aliphatic carbocycles. The summed E-state index contributed by atoms with van der Waals surface area (Å²) in [5.41, 5.74) is -0.334. The first-order valence-electron chi connectivity index (χ1n) is 14.2. The molecule has 40 heavy (non-hydrogen) atoms. The van der Waals surface area contributed by atoms with E-state index in [9.17, 15) is 29.4 Å². The van der Waals surface area contributed by atoms with Crippen molar-refractivity contribution in [2.24, 2.45) is 11.8 Å². The van der Waals surface area contributed by atoms with Crippen molar-refractivity contribution in [2.45, 2.75) is 95.0 Å². The molecule has 2 fully saturated rings. The lowest BCUT2D eigenvalue weighted by Gasteiger charge is -2.61. The Kier molecular flexibility index (Phi) is 7.11. The van der Waals surface area contributed by atoms with Gasteiger partial charge in [0.25, 0.3) is 0 Å². The molecule has 1 saturated carbocycles. The fourth-order valence-corrected chi connectivity index (χ4v) is 7.32. The van der Waals surface area contributed by atoms with Gasteiger partial charge in [-0.05, 0) is 56.3 Å². The van der Waals surface area contributed by atoms with Crippen molar-refractivity contribution < 1.29 is 38.9 Å². The topological polar surface area (TPSA) is 154 Å². The van der Waals surface area contributed by atoms with Crippen LogP contribution in [0.15, 0.2) is 12.1 Å². The van der Waals surface area contributed by atoms with Crippen LogP contribution in [-0.2, 0) is 26.2 Å². The summed E-state index contributed by atoms with van der Waals surface area (Å²) in [4.78, 5) is 53.1. The maximum atomic E-state index is 13.1. The molecule has 11 heteroatoms. The Morgan fingerprint density at radius 1 is 1.18 bits per heavy atom. The van der Waals surface area contributed by atoms with Gasteiger partial charge in [-0.2, -0.15) is 0 Å². The Balaban J connectivity index is 1.41. The number of ketones is 1. The molecular formula is C29H39N3O8. The number of nitrogens with one attached hydrogen (secondary N) is 2. The van der Waals surface area contributed by atoms with E-state index in [-0.39, 0.29) is 35.8 Å². The van der Waals surface area contributed by atoms with Gasteiger partial charge in [-0.25, -0.2) is 9.59 Å². The summed E-state index contributed by atoms with van der Waals surface area (Å²) in [6.45, 7) is 7.74. The molecule has 1 unspecified atom stereocenters. The van der Waals surface area contributed by atoms with Crippen LogP contribution in [0.5, 0.6) is 11.5 Å². The van der Waals surface area contributed by atoms with Crippen LogP contribution in [0.3, 0.4) is 0 Å². The average molecular weight is 558 g/mol. The number of benzene rings is 1. The van der Waals surface area contributed by atoms with Crippen LogP contribution in [0.4, 0.5) is 4.79 Å². The maximum absolute atomic E-state index is 13.1. The quantitative estimate of drug-likeness (QED) is 0.374. The van der Waals surface area contributed by atoms with Gasteiger partial charge in [0, 0.05) is 18.0 Å². The van der Waals surface area contributed by atoms with E-state index in [2.05, 4.69) is 15.5 Å². The molecule has 4 N–H and O–H groups in total. The lowest BCUT2D eigenvalue weighted by atomic mass is 9.49. The second kappa shape index (κ2) is 10.0. The molecule has 5 rings (SSSR count). The highest BCUT2D eigenvalue weighted by Gasteiger charge is 2.72. The molecule has 1 aromatic rings. The fraction of sp³-hybridized carbons (Fsp3) is 0.655. The van der Waals surface area contributed by atoms with E-state index in [0.717, 1.165) is 11.1 Å². The van der Waals surface area contributed by atoms with Crippen molar-refractivity contribution in [2.75, 3.05) is 13.6 Å². The molecule has 4 aliphatic rings. The van der Waals surface area contributed by atoms with E-state index >= 15 is 0 Å². The number of carbonyl (C=O) groups excluding carboxylic acids is 3. The molecule has 11 nitrogen and oxygen atoms in total. The van der Waals surface area contributed by atoms with Gasteiger partial charge < -0.3 is 35.2 Å². The number of carbonyl (C=O) groups is 4. The van der Waals surface area contributed by atoms with Crippen LogP contribution in [0.2, 0.25) is 0 Å². The van der Waals surface area contributed by atoms with E-state index in [1.165, 1.54) is 0 Å². The van der Waals surface area contributed by atoms with E-state index in [1.807, 2.05) is 20.0 Å². The standard InChI is InChI=1S/C29H39N3O8/c1-6-15(4)22(26(35)36)30-25(34)21(14(2)3)31-27(37)39-18-8-7-16-13-19-29(38)10-9-17(33)24-28(29,11-12-32(19)5)20(16)23(18)40-24/h7-8,14-15,19,21-22,24,38H,6,9-13H2,1-5H3,(H,30,34)(H,31,37)(H,35,36)/t15-,19-,21-,22-,24+,28?,29-/m1/s1. The SMILES string of the molecule is CC[C@@H](C)[C@@H](NC(=O)[C@H](NC(=O)Oc1ccc2c3c1O[C@H]1C(=O)CC[C@@]4(O)[C@@H](C2)N(C)CCC314)C(C)C)C(=O)O. The van der Waals surface area contributed by atoms with E-state index < -0.39 is 47.2 Å². The number of hydrogen-bond donors (Lipinski definition) is 4. The van der Waals surface area contributed by atoms with Crippen LogP contribution in [-0.4, -0.2) is 82.3 Å². The summed E-state index contributed by atoms with van der Waals surface area (Å²) >= 11 is 0. The van der Waals surface area contributed by atoms with Gasteiger partial charge in [-0.3, -0.25) is 9.59 Å². The van der Waals surface area contributed by atoms with Gasteiger partial charge in [-0.15, -0.1) is 0 Å². The highest BCUT2D eigenvalue weighted by molar-refractivity contribution is 5.91. The maximum Gasteiger partial charge on any atom is 0.413 e. The summed E-state index contributed by atoms with van der Waals surface area (Å²) in [7, 11) is 1.99. The number of aliphatic hydroxyl groups is 1. The van der Waals surface area contributed by atoms with Crippen molar-refractivity contribution in [1.29, 1.82) is 0 Å². The third-order valence-corrected chi connectivity index (χ3v) is 9.71. The molecule has 2 bridgehead atoms. The summed E-state index contributed by atoms with van der Waals surface area (Å²) < 4.78 is 11.9. The summed E-state index contributed by atoms with van der Waals surface area (Å²) in [6, 6.07) is 1.19. The number of likely N-dealkylation sites (N-methyl/N-ethyl adjacent to an activating group) is 1. The lowest BCUT2D eigenvalue weighted by molar-refractivity contribution is -0.185. The van der Waals surface area contributed by atoms with E-state index in [1.54, 1.807) is 26.8 Å². The Morgan fingerprint density at radius 3 is 2.55 bits per heavy atom. The van der Waals surface area contributed by atoms with Gasteiger partial charge in [0.05, 0.1) is 11.0 Å². The average Bonchev–Trinajstić information content (AvgIpc) is 3.26. The number of aliphatic carboxylic acids is 1. The van der Waals surface area contributed by atoms with Gasteiger partial charge >= 0.3 is 12.1 Å². The third-order valence-electron chi connectivity index (χ3n) is 9.71. The normalized spacial score (nSPS) is 30.5. The smallest absolute Gasteiger partial charge is 0.413 e. The molecule has 0 aromatic heterocycles. The molecule has 2 amide bonds. The monoisotopic (exact) mass is 557 g/mol. The van der Waals surface area contributed by atoms with Crippen LogP contribution in [0, 0.1) is 11.8 Å². The number of nitrogens with zero attached hydrogens (tertiary/aromatic N) is 1. The fourth-order valence-electron chi connectivity index (χ4n) is 7.32. The number of ether oxygens (including phenoxy) is 2. The molecular weight excluding hydrogens is 518 g/mol. The number of rotatable bonds is 8. The van der Waals surface area contributed by atoms with Crippen molar-refractivity contribution in [3.05, 3.63) is 23.3 Å². The molecule has 2 aliphatic heterocycles. The Morgan fingerprint density at radius 2 is 1.90 bits per heavy atom. The Hall–Kier alpha value is -3.18. The van der Waals surface area contributed by atoms with Crippen molar-refractivity contribution in [3.63, 3.8) is 0 Å². The van der Waals surface area contributed by atoms with Crippen LogP contribution < -0.4 is 20.1 Å². The summed E-state index contributed by atoms with van der Waals surface area (Å²) in [6.07, 6.45) is 0.486. The predicted octanol–water partition coefficient (Wildman–Crippen LogP) is 1.77. The number of carboxylic acid groups (broad SMARTS) is 1. The predicted molar refractivity (Wildman–Crippen MR) is 143 cm³/mol. The largest absolute Gasteiger partial charge is 0.480 e. The number of likely N-dealkylation sites (tertiary alicyclic amines) is 1. The number of Topliss-reactive ketones (excluding diaryl/α,β-unsaturated/α-hetero) is 1. The first kappa shape index (κ1) is 28.4. The number of amides is 2. The molecule has 218 valence electrons. The minimum atomic E-state index is -1.14. The molecule has 1 saturated heterocycles. The van der Waals surface area contributed by atoms with Gasteiger partial charge in [0.15, 0.2) is 23.4 Å². The number of hydrogen-bond acceptors (Lipinski definition) is 8. The zero-order valence-electron chi connectivity index (χ0n) is 23.7. The first-order chi connectivity index (χ1) is 18.9. The Labute approximate surface area is 233 Å². The van der Waals surface area contributed by atoms with E-state index in [4.69, 9.17) is 9.47 Å². The van der Waals surface area contributed by atoms with Gasteiger partial charge in [-0.1, -0.05) is 40.2 Å². The lowest BCUT2D eigenvalue weighted by Crippen LogP contribution is -2.76. The molecule has 0 radical (unpaired) electrons. The molecule has 1 aromatic carbocycles. The van der Waals surface area contributed by atoms with Crippen molar-refractivity contribution in [1.82, 2.24) is 15.5 Å². The molecule has 1 spiro atoms. The minimum absolute atomic E-state index is 0.0711. The Bertz CT molecular complexity index is 1250. The minimum Gasteiger partial charge on any atom is -0.480 e. The van der Waals surface area contributed by atoms with E-state index in [0.29, 0.717) is 38.0 Å². The van der Waals surface area contributed by atoms with Crippen molar-refractivity contribution >= 4 is 23.8 Å². The van der Waals surface area contributed by atoms with Gasteiger partial charge in [0.2, 0.25) is 5.91 Å². The zero-order chi connectivity index (χ0) is 29.1. The van der Waals surface area contributed by atoms with Crippen molar-refractivity contribution in [3.8, 4) is 11.5 Å². The highest BCUT2D eigenvalue weighted by atomic mass is 16.6. The van der Waals surface area contributed by atoms with Crippen LogP contribution in [0.25, 0.3) is 0 Å². The highest BCUT2D eigenvalue weighted by Crippen LogP contribution is 2.64. The zero-order valence-corrected chi connectivity index (χ0v) is 23.7. The molecule has 7 atom stereocenters. The number of carboxylic acids is 1. The van der Waals surface area contributed by atoms with Crippen LogP contribution >= 0.6 is 0 Å². The third kappa shape index (κ3) is 4.08. The second-order valence-electron chi connectivity index (χ2n) is 12.2. The summed E-state index contributed by atoms with van der Waals surface area (Å²) in [5, 5.41) is 26.8. The van der Waals surface area contributed by atoms with Gasteiger partial charge in [0.1, 0.15) is 12.1 Å². The second-order valence-corrected chi connectivity index (χ2v) is 12.2. The molecule has 2 heterocycles.